The summed E-state index contributed by atoms with van der Waals surface area (Å²) in [4.78, 5) is 4.02. The lowest BCUT2D eigenvalue weighted by atomic mass is 9.87. The molecule has 140 valence electrons. The van der Waals surface area contributed by atoms with Gasteiger partial charge in [0.05, 0.1) is 24.3 Å². The quantitative estimate of drug-likeness (QED) is 0.707. The fourth-order valence-corrected chi connectivity index (χ4v) is 3.21. The van der Waals surface area contributed by atoms with Crippen LogP contribution in [0.5, 0.6) is 0 Å². The van der Waals surface area contributed by atoms with E-state index in [4.69, 9.17) is 9.47 Å². The molecule has 1 N–H and O–H groups in total. The summed E-state index contributed by atoms with van der Waals surface area (Å²) in [5.41, 5.74) is 1.12. The van der Waals surface area contributed by atoms with Gasteiger partial charge in [-0.15, -0.1) is 0 Å². The van der Waals surface area contributed by atoms with Gasteiger partial charge in [0.15, 0.2) is 6.29 Å². The van der Waals surface area contributed by atoms with Crippen molar-refractivity contribution in [3.63, 3.8) is 0 Å². The molecule has 0 spiro atoms. The molecule has 6 nitrogen and oxygen atoms in total. The molecule has 1 fully saturated rings. The Morgan fingerprint density at radius 1 is 1.31 bits per heavy atom. The minimum absolute atomic E-state index is 0.192. The van der Waals surface area contributed by atoms with E-state index in [0.29, 0.717) is 25.3 Å². The van der Waals surface area contributed by atoms with Gasteiger partial charge in [-0.1, -0.05) is 41.4 Å². The van der Waals surface area contributed by atoms with Crippen LogP contribution in [-0.4, -0.2) is 39.4 Å². The Labute approximate surface area is 162 Å². The fourth-order valence-electron chi connectivity index (χ4n) is 2.95. The van der Waals surface area contributed by atoms with Crippen molar-refractivity contribution < 1.29 is 14.6 Å². The van der Waals surface area contributed by atoms with Crippen LogP contribution in [0.15, 0.2) is 47.2 Å². The van der Waals surface area contributed by atoms with E-state index in [2.05, 4.69) is 32.9 Å². The lowest BCUT2D eigenvalue weighted by Crippen LogP contribution is -2.41. The zero-order chi connectivity index (χ0) is 18.6. The molecule has 0 atom stereocenters. The molecule has 3 rings (SSSR count). The molecule has 0 bridgehead atoms. The van der Waals surface area contributed by atoms with Gasteiger partial charge in [-0.25, -0.2) is 9.67 Å². The predicted molar refractivity (Wildman–Crippen MR) is 102 cm³/mol. The molecular weight excluding hydrogens is 398 g/mol. The van der Waals surface area contributed by atoms with Crippen molar-refractivity contribution >= 4 is 21.6 Å². The van der Waals surface area contributed by atoms with Gasteiger partial charge < -0.3 is 14.6 Å². The van der Waals surface area contributed by atoms with Gasteiger partial charge in [0.25, 0.3) is 0 Å². The highest BCUT2D eigenvalue weighted by Gasteiger charge is 2.38. The van der Waals surface area contributed by atoms with Crippen LogP contribution in [0.4, 0.5) is 0 Å². The van der Waals surface area contributed by atoms with Crippen molar-refractivity contribution in [3.8, 4) is 0 Å². The number of ether oxygens (including phenoxy) is 2. The Hall–Kier alpha value is -1.70. The van der Waals surface area contributed by atoms with Crippen LogP contribution in [0, 0.1) is 5.41 Å². The molecule has 1 aromatic heterocycles. The zero-order valence-corrected chi connectivity index (χ0v) is 16.6. The van der Waals surface area contributed by atoms with Gasteiger partial charge in [-0.2, -0.15) is 5.10 Å². The Balaban J connectivity index is 1.88. The van der Waals surface area contributed by atoms with E-state index >= 15 is 0 Å². The molecule has 0 saturated carbocycles. The van der Waals surface area contributed by atoms with Crippen LogP contribution in [0.3, 0.4) is 0 Å². The Morgan fingerprint density at radius 2 is 2.00 bits per heavy atom. The first-order valence-corrected chi connectivity index (χ1v) is 9.56. The van der Waals surface area contributed by atoms with Gasteiger partial charge in [0.2, 0.25) is 0 Å². The monoisotopic (exact) mass is 421 g/mol. The second-order valence-electron chi connectivity index (χ2n) is 6.84. The second-order valence-corrected chi connectivity index (χ2v) is 7.76. The Kier molecular flexibility index (Phi) is 6.11. The van der Waals surface area contributed by atoms with Crippen molar-refractivity contribution in [3.05, 3.63) is 52.7 Å². The molecule has 1 aliphatic heterocycles. The van der Waals surface area contributed by atoms with Gasteiger partial charge in [0, 0.05) is 10.9 Å². The topological polar surface area (TPSA) is 69.4 Å². The molecule has 1 aromatic carbocycles. The Bertz CT molecular complexity index is 736. The van der Waals surface area contributed by atoms with Crippen molar-refractivity contribution in [2.75, 3.05) is 13.2 Å². The van der Waals surface area contributed by atoms with E-state index in [1.165, 1.54) is 6.33 Å². The largest absolute Gasteiger partial charge is 0.510 e. The molecule has 0 unspecified atom stereocenters. The highest BCUT2D eigenvalue weighted by molar-refractivity contribution is 9.10. The maximum Gasteiger partial charge on any atom is 0.157 e. The normalized spacial score (nSPS) is 24.3. The number of hydrogen-bond acceptors (Lipinski definition) is 5. The summed E-state index contributed by atoms with van der Waals surface area (Å²) in [6, 6.07) is 7.99. The van der Waals surface area contributed by atoms with Crippen molar-refractivity contribution in [1.82, 2.24) is 14.8 Å². The lowest BCUT2D eigenvalue weighted by Gasteiger charge is -2.37. The molecule has 2 aromatic rings. The molecule has 0 radical (unpaired) electrons. The van der Waals surface area contributed by atoms with E-state index in [1.54, 1.807) is 11.0 Å². The number of aliphatic hydroxyl groups excluding tert-OH is 1. The van der Waals surface area contributed by atoms with E-state index in [0.717, 1.165) is 22.9 Å². The van der Waals surface area contributed by atoms with Gasteiger partial charge >= 0.3 is 0 Å². The predicted octanol–water partition coefficient (Wildman–Crippen LogP) is 4.19. The highest BCUT2D eigenvalue weighted by atomic mass is 79.9. The van der Waals surface area contributed by atoms with Crippen LogP contribution < -0.4 is 0 Å². The first-order chi connectivity index (χ1) is 12.5. The third-order valence-corrected chi connectivity index (χ3v) is 5.05. The highest BCUT2D eigenvalue weighted by Crippen LogP contribution is 2.35. The Morgan fingerprint density at radius 3 is 2.58 bits per heavy atom. The minimum atomic E-state index is -0.624. The number of allylic oxidation sites excluding steroid dienone is 1. The number of hydrogen-bond donors (Lipinski definition) is 1. The molecule has 0 aliphatic carbocycles. The third-order valence-electron chi connectivity index (χ3n) is 4.53. The molecule has 1 saturated heterocycles. The maximum absolute atomic E-state index is 11.1. The molecule has 0 amide bonds. The van der Waals surface area contributed by atoms with Crippen LogP contribution in [-0.2, 0) is 15.9 Å². The molecular formula is C19H24BrN3O3. The fraction of sp³-hybridized carbons (Fsp3) is 0.474. The van der Waals surface area contributed by atoms with Gasteiger partial charge in [0.1, 0.15) is 18.4 Å². The number of nitrogens with zero attached hydrogens (tertiary/aromatic N) is 3. The average molecular weight is 422 g/mol. The SMILES string of the molecule is CCCC1OCC(C)(C(O)=C(Cc2ccc(Br)cc2)n2cncn2)CO1. The summed E-state index contributed by atoms with van der Waals surface area (Å²) in [5.74, 6) is 0.223. The van der Waals surface area contributed by atoms with E-state index in [1.807, 2.05) is 31.2 Å². The second kappa shape index (κ2) is 8.33. The number of aliphatic hydroxyl groups is 1. The summed E-state index contributed by atoms with van der Waals surface area (Å²) in [7, 11) is 0. The third kappa shape index (κ3) is 4.34. The molecule has 1 aliphatic rings. The van der Waals surface area contributed by atoms with Crippen LogP contribution in [0.2, 0.25) is 0 Å². The standard InChI is InChI=1S/C19H24BrN3O3/c1-3-4-17-25-10-19(2,11-26-17)18(24)16(23-13-21-12-22-23)9-14-5-7-15(20)8-6-14/h5-8,12-13,17,24H,3-4,9-11H2,1-2H3. The average Bonchev–Trinajstić information content (AvgIpc) is 3.17. The summed E-state index contributed by atoms with van der Waals surface area (Å²) in [5, 5.41) is 15.3. The van der Waals surface area contributed by atoms with Crippen molar-refractivity contribution in [1.29, 1.82) is 0 Å². The smallest absolute Gasteiger partial charge is 0.157 e. The summed E-state index contributed by atoms with van der Waals surface area (Å²) in [6.45, 7) is 4.85. The molecule has 7 heteroatoms. The van der Waals surface area contributed by atoms with Crippen LogP contribution in [0.1, 0.15) is 32.3 Å². The maximum atomic E-state index is 11.1. The van der Waals surface area contributed by atoms with Crippen LogP contribution >= 0.6 is 15.9 Å². The van der Waals surface area contributed by atoms with E-state index < -0.39 is 5.41 Å². The van der Waals surface area contributed by atoms with E-state index in [-0.39, 0.29) is 12.0 Å². The van der Waals surface area contributed by atoms with Crippen molar-refractivity contribution in [2.24, 2.45) is 5.41 Å². The first-order valence-electron chi connectivity index (χ1n) is 8.77. The first kappa shape index (κ1) is 19.1. The number of halogens is 1. The molecule has 26 heavy (non-hydrogen) atoms. The number of benzene rings is 1. The van der Waals surface area contributed by atoms with E-state index in [9.17, 15) is 5.11 Å². The lowest BCUT2D eigenvalue weighted by molar-refractivity contribution is -0.224. The van der Waals surface area contributed by atoms with Gasteiger partial charge in [-0.05, 0) is 31.0 Å². The summed E-state index contributed by atoms with van der Waals surface area (Å²) in [6.07, 6.45) is 5.24. The minimum Gasteiger partial charge on any atom is -0.510 e. The molecule has 2 heterocycles. The summed E-state index contributed by atoms with van der Waals surface area (Å²) >= 11 is 3.45. The van der Waals surface area contributed by atoms with Gasteiger partial charge in [-0.3, -0.25) is 0 Å². The summed E-state index contributed by atoms with van der Waals surface area (Å²) < 4.78 is 14.3. The zero-order valence-electron chi connectivity index (χ0n) is 15.1. The number of aromatic nitrogens is 3. The van der Waals surface area contributed by atoms with Crippen molar-refractivity contribution in [2.45, 2.75) is 39.4 Å². The van der Waals surface area contributed by atoms with Crippen LogP contribution in [0.25, 0.3) is 5.70 Å². The number of rotatable bonds is 6.